The molecule has 1 rings (SSSR count). The molecule has 0 aliphatic rings. The molecule has 1 heterocycles. The number of hydrogen-bond donors (Lipinski definition) is 1. The van der Waals surface area contributed by atoms with E-state index in [1.807, 2.05) is 38.1 Å². The second kappa shape index (κ2) is 11.3. The lowest BCUT2D eigenvalue weighted by Gasteiger charge is -2.12. The number of ketones is 3. The number of nitrogens with one attached hydrogen (secondary N) is 1. The molecular weight excluding hydrogens is 340 g/mol. The first-order valence-corrected chi connectivity index (χ1v) is 9.37. The molecule has 0 radical (unpaired) electrons. The van der Waals surface area contributed by atoms with Gasteiger partial charge in [-0.15, -0.1) is 0 Å². The number of nitrogens with zero attached hydrogens (tertiary/aromatic N) is 1. The van der Waals surface area contributed by atoms with E-state index < -0.39 is 0 Å². The van der Waals surface area contributed by atoms with Gasteiger partial charge in [0.05, 0.1) is 11.7 Å². The first-order chi connectivity index (χ1) is 12.8. The topological polar surface area (TPSA) is 76.1 Å². The molecule has 1 aromatic rings. The van der Waals surface area contributed by atoms with Crippen molar-refractivity contribution in [1.82, 2.24) is 10.3 Å². The highest BCUT2D eigenvalue weighted by Gasteiger charge is 2.13. The highest BCUT2D eigenvalue weighted by atomic mass is 16.2. The fourth-order valence-corrected chi connectivity index (χ4v) is 2.60. The molecule has 0 spiro atoms. The van der Waals surface area contributed by atoms with Crippen LogP contribution in [0, 0.1) is 0 Å². The van der Waals surface area contributed by atoms with Gasteiger partial charge in [0, 0.05) is 19.0 Å². The molecule has 0 unspecified atom stereocenters. The fraction of sp³-hybridized carbons (Fsp3) is 0.455. The number of pyridine rings is 1. The second-order valence-electron chi connectivity index (χ2n) is 6.61. The maximum atomic E-state index is 11.8. The van der Waals surface area contributed by atoms with Gasteiger partial charge in [0.15, 0.2) is 5.78 Å². The van der Waals surface area contributed by atoms with Crippen LogP contribution in [-0.2, 0) is 20.8 Å². The molecule has 1 aromatic heterocycles. The molecule has 5 heteroatoms. The van der Waals surface area contributed by atoms with E-state index in [1.165, 1.54) is 0 Å². The van der Waals surface area contributed by atoms with E-state index >= 15 is 0 Å². The van der Waals surface area contributed by atoms with E-state index in [1.54, 1.807) is 27.1 Å². The van der Waals surface area contributed by atoms with Crippen LogP contribution in [0.25, 0.3) is 5.57 Å². The number of carbonyl (C=O) groups is 3. The van der Waals surface area contributed by atoms with Crippen molar-refractivity contribution in [2.75, 3.05) is 7.05 Å². The number of allylic oxidation sites excluding steroid dienone is 4. The van der Waals surface area contributed by atoms with Gasteiger partial charge in [-0.05, 0) is 50.9 Å². The van der Waals surface area contributed by atoms with Gasteiger partial charge >= 0.3 is 0 Å². The van der Waals surface area contributed by atoms with Crippen molar-refractivity contribution in [1.29, 1.82) is 0 Å². The zero-order chi connectivity index (χ0) is 20.4. The van der Waals surface area contributed by atoms with Gasteiger partial charge in [-0.3, -0.25) is 19.4 Å². The number of Topliss-reactive ketones (excluding diaryl/α,β-unsaturated/α-hetero) is 3. The minimum Gasteiger partial charge on any atom is -0.310 e. The summed E-state index contributed by atoms with van der Waals surface area (Å²) in [5, 5.41) is 3.01. The SMILES string of the molecule is CCC(=O)C(=O)C/C(=C/C=C(\C)c1ccc(C[C@H](NC)C(C)=O)cn1)CC. The Labute approximate surface area is 162 Å². The summed E-state index contributed by atoms with van der Waals surface area (Å²) in [6.07, 6.45) is 7.36. The number of carbonyl (C=O) groups excluding carboxylic acids is 3. The Hall–Kier alpha value is -2.40. The van der Waals surface area contributed by atoms with Crippen LogP contribution in [0.15, 0.2) is 36.1 Å². The third-order valence-electron chi connectivity index (χ3n) is 4.55. The average molecular weight is 370 g/mol. The molecule has 5 nitrogen and oxygen atoms in total. The fourth-order valence-electron chi connectivity index (χ4n) is 2.60. The Bertz CT molecular complexity index is 730. The van der Waals surface area contributed by atoms with Crippen LogP contribution in [0.3, 0.4) is 0 Å². The maximum absolute atomic E-state index is 11.8. The van der Waals surface area contributed by atoms with Crippen LogP contribution in [0.2, 0.25) is 0 Å². The Morgan fingerprint density at radius 1 is 1.07 bits per heavy atom. The highest BCUT2D eigenvalue weighted by molar-refractivity contribution is 6.37. The first kappa shape index (κ1) is 22.6. The first-order valence-electron chi connectivity index (χ1n) is 9.37. The van der Waals surface area contributed by atoms with E-state index in [9.17, 15) is 14.4 Å². The molecule has 1 N–H and O–H groups in total. The van der Waals surface area contributed by atoms with Crippen LogP contribution in [-0.4, -0.2) is 35.4 Å². The predicted octanol–water partition coefficient (Wildman–Crippen LogP) is 3.48. The van der Waals surface area contributed by atoms with Crippen molar-refractivity contribution in [2.45, 2.75) is 59.4 Å². The van der Waals surface area contributed by atoms with Gasteiger partial charge in [0.1, 0.15) is 5.78 Å². The van der Waals surface area contributed by atoms with Crippen LogP contribution >= 0.6 is 0 Å². The summed E-state index contributed by atoms with van der Waals surface area (Å²) in [6.45, 7) is 7.20. The molecule has 0 aliphatic heterocycles. The molecule has 0 amide bonds. The molecule has 0 aromatic carbocycles. The summed E-state index contributed by atoms with van der Waals surface area (Å²) in [5.41, 5.74) is 3.73. The zero-order valence-corrected chi connectivity index (χ0v) is 17.0. The van der Waals surface area contributed by atoms with Gasteiger partial charge in [-0.1, -0.05) is 37.6 Å². The third kappa shape index (κ3) is 7.39. The molecule has 0 saturated carbocycles. The maximum Gasteiger partial charge on any atom is 0.202 e. The minimum atomic E-state index is -0.330. The van der Waals surface area contributed by atoms with Crippen molar-refractivity contribution in [3.8, 4) is 0 Å². The van der Waals surface area contributed by atoms with E-state index in [-0.39, 0.29) is 36.2 Å². The van der Waals surface area contributed by atoms with Gasteiger partial charge in [-0.2, -0.15) is 0 Å². The molecular formula is C22H30N2O3. The lowest BCUT2D eigenvalue weighted by atomic mass is 10.0. The van der Waals surface area contributed by atoms with Crippen LogP contribution in [0.4, 0.5) is 0 Å². The number of aromatic nitrogens is 1. The van der Waals surface area contributed by atoms with Crippen molar-refractivity contribution in [3.63, 3.8) is 0 Å². The van der Waals surface area contributed by atoms with Crippen molar-refractivity contribution in [3.05, 3.63) is 47.3 Å². The largest absolute Gasteiger partial charge is 0.310 e. The zero-order valence-electron chi connectivity index (χ0n) is 17.0. The molecule has 0 saturated heterocycles. The summed E-state index contributed by atoms with van der Waals surface area (Å²) in [7, 11) is 1.78. The predicted molar refractivity (Wildman–Crippen MR) is 108 cm³/mol. The minimum absolute atomic E-state index is 0.103. The summed E-state index contributed by atoms with van der Waals surface area (Å²) in [6, 6.07) is 3.70. The Kier molecular flexibility index (Phi) is 9.51. The van der Waals surface area contributed by atoms with E-state index in [0.29, 0.717) is 6.42 Å². The molecule has 1 atom stereocenters. The monoisotopic (exact) mass is 370 g/mol. The lowest BCUT2D eigenvalue weighted by molar-refractivity contribution is -0.136. The molecule has 27 heavy (non-hydrogen) atoms. The van der Waals surface area contributed by atoms with Crippen molar-refractivity contribution < 1.29 is 14.4 Å². The molecule has 0 fully saturated rings. The van der Waals surface area contributed by atoms with E-state index in [0.717, 1.165) is 28.8 Å². The normalized spacial score (nSPS) is 13.4. The second-order valence-corrected chi connectivity index (χ2v) is 6.61. The van der Waals surface area contributed by atoms with E-state index in [2.05, 4.69) is 10.3 Å². The van der Waals surface area contributed by atoms with Crippen LogP contribution in [0.5, 0.6) is 0 Å². The molecule has 0 bridgehead atoms. The molecule has 0 aliphatic carbocycles. The summed E-state index contributed by atoms with van der Waals surface area (Å²) in [5.74, 6) is -0.549. The van der Waals surface area contributed by atoms with Crippen molar-refractivity contribution in [2.24, 2.45) is 0 Å². The van der Waals surface area contributed by atoms with Gasteiger partial charge in [-0.25, -0.2) is 0 Å². The highest BCUT2D eigenvalue weighted by Crippen LogP contribution is 2.15. The van der Waals surface area contributed by atoms with E-state index in [4.69, 9.17) is 0 Å². The quantitative estimate of drug-likeness (QED) is 0.477. The standard InChI is InChI=1S/C22H30N2O3/c1-6-17(13-22(27)21(26)7-2)9-8-15(3)19-11-10-18(14-24-19)12-20(23-5)16(4)25/h8-11,14,20,23H,6-7,12-13H2,1-5H3/b15-8+,17-9+/t20-/m0/s1. The lowest BCUT2D eigenvalue weighted by Crippen LogP contribution is -2.34. The van der Waals surface area contributed by atoms with Gasteiger partial charge in [0.25, 0.3) is 0 Å². The number of likely N-dealkylation sites (N-methyl/N-ethyl adjacent to an activating group) is 1. The number of hydrogen-bond acceptors (Lipinski definition) is 5. The van der Waals surface area contributed by atoms with Gasteiger partial charge in [0.2, 0.25) is 5.78 Å². The average Bonchev–Trinajstić information content (AvgIpc) is 2.68. The van der Waals surface area contributed by atoms with Crippen LogP contribution < -0.4 is 5.32 Å². The Morgan fingerprint density at radius 2 is 1.78 bits per heavy atom. The smallest absolute Gasteiger partial charge is 0.202 e. The summed E-state index contributed by atoms with van der Waals surface area (Å²) >= 11 is 0. The summed E-state index contributed by atoms with van der Waals surface area (Å²) < 4.78 is 0. The van der Waals surface area contributed by atoms with Gasteiger partial charge < -0.3 is 5.32 Å². The summed E-state index contributed by atoms with van der Waals surface area (Å²) in [4.78, 5) is 39.3. The van der Waals surface area contributed by atoms with Crippen LogP contribution in [0.1, 0.15) is 58.2 Å². The Balaban J connectivity index is 2.85. The Morgan fingerprint density at radius 3 is 2.26 bits per heavy atom. The molecule has 146 valence electrons. The van der Waals surface area contributed by atoms with Crippen molar-refractivity contribution >= 4 is 22.9 Å². The third-order valence-corrected chi connectivity index (χ3v) is 4.55. The number of rotatable bonds is 11.